The first kappa shape index (κ1) is 35.7. The van der Waals surface area contributed by atoms with Crippen molar-refractivity contribution in [3.63, 3.8) is 0 Å². The van der Waals surface area contributed by atoms with Gasteiger partial charge in [-0.3, -0.25) is 29.8 Å². The van der Waals surface area contributed by atoms with Crippen LogP contribution < -0.4 is 0 Å². The molecule has 2 aliphatic rings. The number of piperazine rings is 2. The molecule has 2 aromatic rings. The third-order valence-corrected chi connectivity index (χ3v) is 11.2. The van der Waals surface area contributed by atoms with Gasteiger partial charge in [-0.1, -0.05) is 23.9 Å². The van der Waals surface area contributed by atoms with Crippen molar-refractivity contribution < 1.29 is 36.3 Å². The summed E-state index contributed by atoms with van der Waals surface area (Å²) >= 11 is 0.824. The van der Waals surface area contributed by atoms with Crippen LogP contribution in [0, 0.1) is 20.2 Å². The smallest absolute Gasteiger partial charge is 0.283 e. The summed E-state index contributed by atoms with van der Waals surface area (Å²) in [5, 5.41) is 23.8. The van der Waals surface area contributed by atoms with Crippen molar-refractivity contribution in [2.75, 3.05) is 64.9 Å². The van der Waals surface area contributed by atoms with E-state index in [-0.39, 0.29) is 85.3 Å². The molecule has 0 radical (unpaired) electrons. The van der Waals surface area contributed by atoms with Crippen molar-refractivity contribution in [2.24, 2.45) is 0 Å². The zero-order valence-electron chi connectivity index (χ0n) is 25.4. The number of carbonyl (C=O) groups excluding carboxylic acids is 2. The number of nitro groups is 2. The molecule has 0 bridgehead atoms. The van der Waals surface area contributed by atoms with Gasteiger partial charge in [0.25, 0.3) is 11.4 Å². The number of nitro benzene ring substituents is 2. The minimum atomic E-state index is -3.35. The van der Waals surface area contributed by atoms with Gasteiger partial charge < -0.3 is 9.80 Å². The van der Waals surface area contributed by atoms with E-state index < -0.39 is 29.9 Å². The summed E-state index contributed by atoms with van der Waals surface area (Å²) in [6.07, 6.45) is 7.52. The number of nitrogens with zero attached hydrogens (tertiary/aromatic N) is 6. The first-order valence-electron chi connectivity index (χ1n) is 14.1. The largest absolute Gasteiger partial charge is 0.337 e. The number of sulfonamides is 2. The molecule has 2 amide bonds. The van der Waals surface area contributed by atoms with Crippen LogP contribution in [0.2, 0.25) is 0 Å². The van der Waals surface area contributed by atoms with Gasteiger partial charge in [0.1, 0.15) is 0 Å². The molecule has 2 heterocycles. The number of rotatable bonds is 10. The highest BCUT2D eigenvalue weighted by Crippen LogP contribution is 2.40. The fourth-order valence-corrected chi connectivity index (χ4v) is 7.52. The molecule has 4 rings (SSSR count). The average Bonchev–Trinajstić information content (AvgIpc) is 3.02. The molecule has 47 heavy (non-hydrogen) atoms. The van der Waals surface area contributed by atoms with Crippen molar-refractivity contribution >= 4 is 67.1 Å². The van der Waals surface area contributed by atoms with Crippen LogP contribution in [-0.2, 0) is 29.6 Å². The van der Waals surface area contributed by atoms with Gasteiger partial charge in [0, 0.05) is 76.6 Å². The SMILES string of the molecule is CS(=O)(=O)N1CCN(C(=O)/C=C/c2ccc(Sc3ccc(/C=C/C(=O)N4CCN(S(C)(=O)=O)CC4)cc3[N+](=O)[O-])c([N+](=O)[O-])c2)CC1. The second-order valence-electron chi connectivity index (χ2n) is 10.7. The zero-order valence-corrected chi connectivity index (χ0v) is 27.9. The molecule has 19 heteroatoms. The second-order valence-corrected chi connectivity index (χ2v) is 15.8. The van der Waals surface area contributed by atoms with E-state index in [1.807, 2.05) is 0 Å². The number of hydrogen-bond donors (Lipinski definition) is 0. The van der Waals surface area contributed by atoms with Gasteiger partial charge in [0.05, 0.1) is 32.1 Å². The van der Waals surface area contributed by atoms with E-state index in [1.54, 1.807) is 0 Å². The summed E-state index contributed by atoms with van der Waals surface area (Å²) in [5.74, 6) is -0.750. The second kappa shape index (κ2) is 14.7. The van der Waals surface area contributed by atoms with Gasteiger partial charge in [-0.25, -0.2) is 16.8 Å². The minimum absolute atomic E-state index is 0.130. The van der Waals surface area contributed by atoms with Crippen LogP contribution >= 0.6 is 11.8 Å². The molecule has 0 atom stereocenters. The number of amides is 2. The van der Waals surface area contributed by atoms with Crippen LogP contribution in [0.5, 0.6) is 0 Å². The van der Waals surface area contributed by atoms with Crippen molar-refractivity contribution in [2.45, 2.75) is 9.79 Å². The van der Waals surface area contributed by atoms with Gasteiger partial charge in [-0.05, 0) is 35.4 Å². The Hall–Kier alpha value is -4.17. The Balaban J connectivity index is 1.44. The van der Waals surface area contributed by atoms with Gasteiger partial charge >= 0.3 is 0 Å². The Morgan fingerprint density at radius 3 is 1.30 bits per heavy atom. The Kier molecular flexibility index (Phi) is 11.2. The third-order valence-electron chi connectivity index (χ3n) is 7.45. The molecule has 0 aromatic heterocycles. The normalized spacial score (nSPS) is 17.0. The van der Waals surface area contributed by atoms with Crippen molar-refractivity contribution in [1.29, 1.82) is 0 Å². The van der Waals surface area contributed by atoms with E-state index in [4.69, 9.17) is 0 Å². The molecule has 16 nitrogen and oxygen atoms in total. The van der Waals surface area contributed by atoms with Crippen molar-refractivity contribution in [1.82, 2.24) is 18.4 Å². The van der Waals surface area contributed by atoms with Crippen molar-refractivity contribution in [3.8, 4) is 0 Å². The number of benzene rings is 2. The molecule has 2 aliphatic heterocycles. The standard InChI is InChI=1S/C28H32N6O10S3/c1-46(41,42)31-15-11-29(12-16-31)27(35)9-5-21-3-7-25(23(19-21)33(37)38)45-26-8-4-22(20-24(26)34(39)40)6-10-28(36)30-13-17-32(18-14-30)47(2,43)44/h3-10,19-20H,11-18H2,1-2H3/b9-5+,10-6+. The zero-order chi connectivity index (χ0) is 34.5. The summed E-state index contributed by atoms with van der Waals surface area (Å²) in [5.41, 5.74) is 0.0421. The van der Waals surface area contributed by atoms with Crippen LogP contribution in [0.1, 0.15) is 11.1 Å². The predicted octanol–water partition coefficient (Wildman–Crippen LogP) is 1.89. The molecule has 0 aliphatic carbocycles. The first-order chi connectivity index (χ1) is 22.0. The molecular formula is C28H32N6O10S3. The molecule has 0 N–H and O–H groups in total. The Bertz CT molecular complexity index is 1710. The molecule has 0 spiro atoms. The summed E-state index contributed by atoms with van der Waals surface area (Å²) in [6, 6.07) is 8.42. The van der Waals surface area contributed by atoms with Gasteiger partial charge in [-0.15, -0.1) is 0 Å². The molecule has 252 valence electrons. The van der Waals surface area contributed by atoms with E-state index in [9.17, 15) is 46.7 Å². The molecule has 2 fully saturated rings. The average molecular weight is 709 g/mol. The van der Waals surface area contributed by atoms with Crippen molar-refractivity contribution in [3.05, 3.63) is 79.9 Å². The molecule has 2 aromatic carbocycles. The van der Waals surface area contributed by atoms with Crippen LogP contribution in [0.15, 0.2) is 58.3 Å². The predicted molar refractivity (Wildman–Crippen MR) is 174 cm³/mol. The molecular weight excluding hydrogens is 677 g/mol. The van der Waals surface area contributed by atoms with E-state index in [1.165, 1.54) is 79.1 Å². The Morgan fingerprint density at radius 2 is 1.00 bits per heavy atom. The maximum atomic E-state index is 12.6. The van der Waals surface area contributed by atoms with Crippen LogP contribution in [-0.4, -0.2) is 122 Å². The highest BCUT2D eigenvalue weighted by molar-refractivity contribution is 7.99. The lowest BCUT2D eigenvalue weighted by molar-refractivity contribution is -0.388. The van der Waals surface area contributed by atoms with E-state index in [0.29, 0.717) is 11.1 Å². The Labute approximate surface area is 275 Å². The summed E-state index contributed by atoms with van der Waals surface area (Å²) < 4.78 is 49.3. The molecule has 0 saturated carbocycles. The van der Waals surface area contributed by atoms with Gasteiger partial charge in [0.15, 0.2) is 0 Å². The van der Waals surface area contributed by atoms with Gasteiger partial charge in [0.2, 0.25) is 31.9 Å². The van der Waals surface area contributed by atoms with E-state index >= 15 is 0 Å². The topological polar surface area (TPSA) is 202 Å². The summed E-state index contributed by atoms with van der Waals surface area (Å²) in [6.45, 7) is 1.52. The maximum absolute atomic E-state index is 12.6. The fourth-order valence-electron chi connectivity index (χ4n) is 4.88. The maximum Gasteiger partial charge on any atom is 0.283 e. The molecule has 0 unspecified atom stereocenters. The van der Waals surface area contributed by atoms with Gasteiger partial charge in [-0.2, -0.15) is 8.61 Å². The highest BCUT2D eigenvalue weighted by atomic mass is 32.2. The lowest BCUT2D eigenvalue weighted by atomic mass is 10.2. The number of hydrogen-bond acceptors (Lipinski definition) is 11. The summed E-state index contributed by atoms with van der Waals surface area (Å²) in [4.78, 5) is 51.0. The van der Waals surface area contributed by atoms with Crippen LogP contribution in [0.4, 0.5) is 11.4 Å². The minimum Gasteiger partial charge on any atom is -0.337 e. The van der Waals surface area contributed by atoms with E-state index in [2.05, 4.69) is 0 Å². The Morgan fingerprint density at radius 1 is 0.660 bits per heavy atom. The fraction of sp³-hybridized carbons (Fsp3) is 0.357. The summed E-state index contributed by atoms with van der Waals surface area (Å²) in [7, 11) is -6.71. The lowest BCUT2D eigenvalue weighted by Gasteiger charge is -2.32. The third kappa shape index (κ3) is 9.44. The monoisotopic (exact) mass is 708 g/mol. The first-order valence-corrected chi connectivity index (χ1v) is 18.6. The van der Waals surface area contributed by atoms with E-state index in [0.717, 1.165) is 24.3 Å². The van der Waals surface area contributed by atoms with Crippen LogP contribution in [0.25, 0.3) is 12.2 Å². The lowest BCUT2D eigenvalue weighted by Crippen LogP contribution is -2.49. The molecule has 2 saturated heterocycles. The number of carbonyl (C=O) groups is 2. The highest BCUT2D eigenvalue weighted by Gasteiger charge is 2.27. The quantitative estimate of drug-likeness (QED) is 0.198. The van der Waals surface area contributed by atoms with Crippen LogP contribution in [0.3, 0.4) is 0 Å².